The minimum absolute atomic E-state index is 0.296. The van der Waals surface area contributed by atoms with Gasteiger partial charge in [0.1, 0.15) is 4.21 Å². The van der Waals surface area contributed by atoms with Crippen LogP contribution < -0.4 is 4.72 Å². The molecule has 2 aromatic rings. The molecule has 0 aliphatic carbocycles. The molecule has 7 heteroatoms. The van der Waals surface area contributed by atoms with Gasteiger partial charge in [-0.1, -0.05) is 22.9 Å². The summed E-state index contributed by atoms with van der Waals surface area (Å²) in [6.07, 6.45) is 0.755. The number of anilines is 1. The smallest absolute Gasteiger partial charge is 0.271 e. The number of hydrogen-bond acceptors (Lipinski definition) is 3. The highest BCUT2D eigenvalue weighted by Gasteiger charge is 2.17. The second-order valence-corrected chi connectivity index (χ2v) is 9.11. The van der Waals surface area contributed by atoms with Gasteiger partial charge >= 0.3 is 0 Å². The van der Waals surface area contributed by atoms with Crippen molar-refractivity contribution in [1.82, 2.24) is 0 Å². The molecule has 1 aromatic carbocycles. The Kier molecular flexibility index (Phi) is 4.70. The van der Waals surface area contributed by atoms with Crippen LogP contribution in [0.4, 0.5) is 5.69 Å². The van der Waals surface area contributed by atoms with Crippen molar-refractivity contribution < 1.29 is 8.42 Å². The van der Waals surface area contributed by atoms with Gasteiger partial charge in [-0.3, -0.25) is 4.72 Å². The van der Waals surface area contributed by atoms with E-state index in [4.69, 9.17) is 0 Å². The van der Waals surface area contributed by atoms with Crippen molar-refractivity contribution in [2.24, 2.45) is 0 Å². The van der Waals surface area contributed by atoms with Gasteiger partial charge in [-0.2, -0.15) is 0 Å². The van der Waals surface area contributed by atoms with E-state index < -0.39 is 10.0 Å². The van der Waals surface area contributed by atoms with E-state index in [1.165, 1.54) is 11.3 Å². The number of rotatable bonds is 4. The number of nitrogens with one attached hydrogen (secondary N) is 1. The van der Waals surface area contributed by atoms with Gasteiger partial charge in [-0.05, 0) is 58.2 Å². The maximum absolute atomic E-state index is 12.2. The van der Waals surface area contributed by atoms with Crippen LogP contribution >= 0.6 is 43.2 Å². The fraction of sp³-hybridized carbons (Fsp3) is 0.167. The molecule has 0 saturated carbocycles. The highest BCUT2D eigenvalue weighted by atomic mass is 79.9. The van der Waals surface area contributed by atoms with E-state index in [0.717, 1.165) is 20.2 Å². The number of benzene rings is 1. The lowest BCUT2D eigenvalue weighted by Crippen LogP contribution is -2.12. The van der Waals surface area contributed by atoms with Gasteiger partial charge in [0.25, 0.3) is 10.0 Å². The molecular weight excluding hydrogens is 414 g/mol. The number of halogens is 2. The molecule has 102 valence electrons. The summed E-state index contributed by atoms with van der Waals surface area (Å²) in [7, 11) is -3.51. The van der Waals surface area contributed by atoms with Crippen LogP contribution in [-0.2, 0) is 16.4 Å². The van der Waals surface area contributed by atoms with Crippen molar-refractivity contribution >= 4 is 58.9 Å². The molecule has 1 N–H and O–H groups in total. The van der Waals surface area contributed by atoms with Gasteiger partial charge in [0.15, 0.2) is 0 Å². The molecule has 0 aliphatic heterocycles. The highest BCUT2D eigenvalue weighted by molar-refractivity contribution is 9.11. The Hall–Kier alpha value is -0.370. The zero-order valence-corrected chi connectivity index (χ0v) is 14.8. The zero-order valence-electron chi connectivity index (χ0n) is 9.98. The predicted molar refractivity (Wildman–Crippen MR) is 86.3 cm³/mol. The van der Waals surface area contributed by atoms with Crippen molar-refractivity contribution in [1.29, 1.82) is 0 Å². The van der Waals surface area contributed by atoms with Crippen molar-refractivity contribution in [3.63, 3.8) is 0 Å². The van der Waals surface area contributed by atoms with E-state index in [0.29, 0.717) is 9.90 Å². The largest absolute Gasteiger partial charge is 0.279 e. The third kappa shape index (κ3) is 3.59. The maximum atomic E-state index is 12.2. The normalized spacial score (nSPS) is 11.5. The second kappa shape index (κ2) is 5.95. The molecule has 0 spiro atoms. The van der Waals surface area contributed by atoms with Crippen LogP contribution in [0.2, 0.25) is 0 Å². The molecule has 0 fully saturated rings. The van der Waals surface area contributed by atoms with Crippen LogP contribution in [0.25, 0.3) is 0 Å². The van der Waals surface area contributed by atoms with Gasteiger partial charge in [0.2, 0.25) is 0 Å². The Balaban J connectivity index is 2.35. The van der Waals surface area contributed by atoms with E-state index in [9.17, 15) is 8.42 Å². The first-order valence-electron chi connectivity index (χ1n) is 5.49. The van der Waals surface area contributed by atoms with E-state index in [1.54, 1.807) is 18.2 Å². The monoisotopic (exact) mass is 423 g/mol. The van der Waals surface area contributed by atoms with Crippen molar-refractivity contribution in [2.45, 2.75) is 17.6 Å². The molecule has 0 unspecified atom stereocenters. The molecule has 0 saturated heterocycles. The van der Waals surface area contributed by atoms with Crippen LogP contribution in [-0.4, -0.2) is 8.42 Å². The zero-order chi connectivity index (χ0) is 14.0. The summed E-state index contributed by atoms with van der Waals surface area (Å²) in [5.41, 5.74) is 1.57. The van der Waals surface area contributed by atoms with Gasteiger partial charge in [-0.25, -0.2) is 8.42 Å². The average molecular weight is 425 g/mol. The van der Waals surface area contributed by atoms with E-state index in [1.807, 2.05) is 19.1 Å². The molecule has 0 aliphatic rings. The first kappa shape index (κ1) is 15.0. The topological polar surface area (TPSA) is 46.2 Å². The molecule has 0 radical (unpaired) electrons. The van der Waals surface area contributed by atoms with Gasteiger partial charge in [-0.15, -0.1) is 11.3 Å². The molecule has 1 aromatic heterocycles. The fourth-order valence-corrected chi connectivity index (χ4v) is 5.11. The molecule has 19 heavy (non-hydrogen) atoms. The Morgan fingerprint density at radius 3 is 2.53 bits per heavy atom. The predicted octanol–water partition coefficient (Wildman–Crippen LogP) is 4.64. The number of sulfonamides is 1. The summed E-state index contributed by atoms with van der Waals surface area (Å²) >= 11 is 7.84. The minimum Gasteiger partial charge on any atom is -0.279 e. The first-order valence-corrected chi connectivity index (χ1v) is 9.37. The molecule has 3 nitrogen and oxygen atoms in total. The van der Waals surface area contributed by atoms with Crippen LogP contribution in [0.3, 0.4) is 0 Å². The Labute approximate surface area is 133 Å². The second-order valence-electron chi connectivity index (χ2n) is 3.82. The van der Waals surface area contributed by atoms with Crippen LogP contribution in [0.15, 0.2) is 42.8 Å². The number of aryl methyl sites for hydroxylation is 1. The molecule has 0 atom stereocenters. The van der Waals surface area contributed by atoms with Crippen LogP contribution in [0.1, 0.15) is 12.5 Å². The number of thiophene rings is 1. The SMILES string of the molecule is CCc1cc(Br)ccc1NS(=O)(=O)c1ccc(Br)s1. The Morgan fingerprint density at radius 2 is 1.95 bits per heavy atom. The lowest BCUT2D eigenvalue weighted by molar-refractivity contribution is 0.603. The Bertz CT molecular complexity index is 696. The molecule has 0 bridgehead atoms. The van der Waals surface area contributed by atoms with Crippen LogP contribution in [0, 0.1) is 0 Å². The van der Waals surface area contributed by atoms with Gasteiger partial charge < -0.3 is 0 Å². The Morgan fingerprint density at radius 1 is 1.21 bits per heavy atom. The van der Waals surface area contributed by atoms with E-state index in [2.05, 4.69) is 36.6 Å². The third-order valence-corrected chi connectivity index (χ3v) is 6.48. The van der Waals surface area contributed by atoms with Gasteiger partial charge in [0, 0.05) is 4.47 Å². The average Bonchev–Trinajstić information content (AvgIpc) is 2.79. The third-order valence-electron chi connectivity index (χ3n) is 2.51. The quantitative estimate of drug-likeness (QED) is 0.777. The van der Waals surface area contributed by atoms with Crippen LogP contribution in [0.5, 0.6) is 0 Å². The standard InChI is InChI=1S/C12H11Br2NO2S2/c1-2-8-7-9(13)3-4-10(8)15-19(16,17)12-6-5-11(14)18-12/h3-7,15H,2H2,1H3. The molecular formula is C12H11Br2NO2S2. The lowest BCUT2D eigenvalue weighted by Gasteiger charge is -2.11. The summed E-state index contributed by atoms with van der Waals surface area (Å²) < 4.78 is 29.1. The highest BCUT2D eigenvalue weighted by Crippen LogP contribution is 2.29. The lowest BCUT2D eigenvalue weighted by atomic mass is 10.1. The number of hydrogen-bond donors (Lipinski definition) is 1. The fourth-order valence-electron chi connectivity index (χ4n) is 1.59. The summed E-state index contributed by atoms with van der Waals surface area (Å²) in [6.45, 7) is 1.99. The summed E-state index contributed by atoms with van der Waals surface area (Å²) in [6, 6.07) is 8.82. The van der Waals surface area contributed by atoms with Crippen molar-refractivity contribution in [3.05, 3.63) is 44.2 Å². The first-order chi connectivity index (χ1) is 8.92. The minimum atomic E-state index is -3.51. The molecule has 2 rings (SSSR count). The summed E-state index contributed by atoms with van der Waals surface area (Å²) in [4.78, 5) is 0. The van der Waals surface area contributed by atoms with Crippen molar-refractivity contribution in [3.8, 4) is 0 Å². The van der Waals surface area contributed by atoms with E-state index >= 15 is 0 Å². The van der Waals surface area contributed by atoms with E-state index in [-0.39, 0.29) is 0 Å². The maximum Gasteiger partial charge on any atom is 0.271 e. The van der Waals surface area contributed by atoms with Crippen molar-refractivity contribution in [2.75, 3.05) is 4.72 Å². The summed E-state index contributed by atoms with van der Waals surface area (Å²) in [5, 5.41) is 0. The molecule has 1 heterocycles. The molecule has 0 amide bonds. The van der Waals surface area contributed by atoms with Gasteiger partial charge in [0.05, 0.1) is 9.47 Å². The summed E-state index contributed by atoms with van der Waals surface area (Å²) in [5.74, 6) is 0.